The molecule has 1 aromatic carbocycles. The Morgan fingerprint density at radius 2 is 2.04 bits per heavy atom. The number of amides is 1. The maximum atomic E-state index is 12.3. The SMILES string of the molecule is CN(Cc1ccccc1)C(=O)CSCc1nnnn1C1CCCC1. The zero-order valence-electron chi connectivity index (χ0n) is 14.0. The topological polar surface area (TPSA) is 63.9 Å². The molecule has 2 aromatic rings. The number of hydrogen-bond acceptors (Lipinski definition) is 5. The molecular weight excluding hydrogens is 322 g/mol. The number of rotatable bonds is 7. The Morgan fingerprint density at radius 3 is 2.79 bits per heavy atom. The molecule has 0 aliphatic heterocycles. The van der Waals surface area contributed by atoms with E-state index in [1.165, 1.54) is 12.8 Å². The van der Waals surface area contributed by atoms with E-state index in [0.29, 0.717) is 24.1 Å². The molecule has 0 unspecified atom stereocenters. The summed E-state index contributed by atoms with van der Waals surface area (Å²) in [7, 11) is 1.85. The minimum atomic E-state index is 0.128. The first-order valence-electron chi connectivity index (χ1n) is 8.36. The highest BCUT2D eigenvalue weighted by Crippen LogP contribution is 2.29. The Bertz CT molecular complexity index is 654. The molecule has 0 bridgehead atoms. The van der Waals surface area contributed by atoms with E-state index in [2.05, 4.69) is 15.5 Å². The molecule has 1 saturated carbocycles. The third-order valence-electron chi connectivity index (χ3n) is 4.38. The molecule has 0 N–H and O–H groups in total. The van der Waals surface area contributed by atoms with Crippen LogP contribution in [0.3, 0.4) is 0 Å². The average molecular weight is 345 g/mol. The van der Waals surface area contributed by atoms with Gasteiger partial charge in [-0.05, 0) is 28.8 Å². The number of benzene rings is 1. The van der Waals surface area contributed by atoms with E-state index in [1.54, 1.807) is 16.7 Å². The Kier molecular flexibility index (Phi) is 5.85. The van der Waals surface area contributed by atoms with Crippen molar-refractivity contribution < 1.29 is 4.79 Å². The molecule has 1 heterocycles. The van der Waals surface area contributed by atoms with Gasteiger partial charge in [0.25, 0.3) is 0 Å². The lowest BCUT2D eigenvalue weighted by Crippen LogP contribution is -2.27. The molecule has 1 aliphatic rings. The van der Waals surface area contributed by atoms with Crippen LogP contribution < -0.4 is 0 Å². The highest BCUT2D eigenvalue weighted by Gasteiger charge is 2.21. The first kappa shape index (κ1) is 17.0. The van der Waals surface area contributed by atoms with Crippen molar-refractivity contribution in [3.05, 3.63) is 41.7 Å². The Labute approximate surface area is 146 Å². The lowest BCUT2D eigenvalue weighted by Gasteiger charge is -2.17. The van der Waals surface area contributed by atoms with Gasteiger partial charge in [0.1, 0.15) is 0 Å². The van der Waals surface area contributed by atoms with E-state index in [9.17, 15) is 4.79 Å². The number of thioether (sulfide) groups is 1. The summed E-state index contributed by atoms with van der Waals surface area (Å²) >= 11 is 1.58. The summed E-state index contributed by atoms with van der Waals surface area (Å²) in [6.07, 6.45) is 4.81. The van der Waals surface area contributed by atoms with Crippen LogP contribution in [0.25, 0.3) is 0 Å². The maximum Gasteiger partial charge on any atom is 0.232 e. The molecule has 0 saturated heterocycles. The smallest absolute Gasteiger partial charge is 0.232 e. The van der Waals surface area contributed by atoms with Crippen molar-refractivity contribution in [2.24, 2.45) is 0 Å². The molecule has 0 atom stereocenters. The van der Waals surface area contributed by atoms with Gasteiger partial charge in [-0.3, -0.25) is 4.79 Å². The monoisotopic (exact) mass is 345 g/mol. The van der Waals surface area contributed by atoms with E-state index in [-0.39, 0.29) is 5.91 Å². The first-order valence-corrected chi connectivity index (χ1v) is 9.52. The van der Waals surface area contributed by atoms with Crippen molar-refractivity contribution in [1.29, 1.82) is 0 Å². The summed E-state index contributed by atoms with van der Waals surface area (Å²) in [6.45, 7) is 0.639. The number of carbonyl (C=O) groups is 1. The van der Waals surface area contributed by atoms with Crippen molar-refractivity contribution in [2.75, 3.05) is 12.8 Å². The van der Waals surface area contributed by atoms with Crippen LogP contribution in [-0.4, -0.2) is 43.8 Å². The molecule has 1 amide bonds. The van der Waals surface area contributed by atoms with Gasteiger partial charge in [0.15, 0.2) is 5.82 Å². The van der Waals surface area contributed by atoms with Crippen LogP contribution in [0.5, 0.6) is 0 Å². The van der Waals surface area contributed by atoms with E-state index in [1.807, 2.05) is 42.1 Å². The van der Waals surface area contributed by atoms with E-state index < -0.39 is 0 Å². The Hall–Kier alpha value is -1.89. The van der Waals surface area contributed by atoms with Gasteiger partial charge in [0.2, 0.25) is 5.91 Å². The fraction of sp³-hybridized carbons (Fsp3) is 0.529. The zero-order valence-corrected chi connectivity index (χ0v) is 14.8. The molecule has 3 rings (SSSR count). The van der Waals surface area contributed by atoms with E-state index in [4.69, 9.17) is 0 Å². The van der Waals surface area contributed by atoms with Crippen LogP contribution in [0.1, 0.15) is 43.1 Å². The molecular formula is C17H23N5OS. The quantitative estimate of drug-likeness (QED) is 0.772. The molecule has 7 heteroatoms. The highest BCUT2D eigenvalue weighted by atomic mass is 32.2. The average Bonchev–Trinajstić information content (AvgIpc) is 3.26. The number of carbonyl (C=O) groups excluding carboxylic acids is 1. The standard InChI is InChI=1S/C17H23N5OS/c1-21(11-14-7-3-2-4-8-14)17(23)13-24-12-16-18-19-20-22(16)15-9-5-6-10-15/h2-4,7-8,15H,5-6,9-13H2,1H3. The molecule has 0 radical (unpaired) electrons. The third kappa shape index (κ3) is 4.35. The van der Waals surface area contributed by atoms with Crippen LogP contribution in [0.2, 0.25) is 0 Å². The minimum Gasteiger partial charge on any atom is -0.341 e. The van der Waals surface area contributed by atoms with Gasteiger partial charge in [0, 0.05) is 13.6 Å². The largest absolute Gasteiger partial charge is 0.341 e. The second-order valence-corrected chi connectivity index (χ2v) is 7.19. The van der Waals surface area contributed by atoms with Gasteiger partial charge < -0.3 is 4.90 Å². The van der Waals surface area contributed by atoms with Crippen LogP contribution in [0, 0.1) is 0 Å². The highest BCUT2D eigenvalue weighted by molar-refractivity contribution is 7.99. The van der Waals surface area contributed by atoms with Gasteiger partial charge >= 0.3 is 0 Å². The van der Waals surface area contributed by atoms with Gasteiger partial charge in [-0.25, -0.2) is 4.68 Å². The molecule has 1 aliphatic carbocycles. The second-order valence-electron chi connectivity index (χ2n) is 6.21. The maximum absolute atomic E-state index is 12.3. The van der Waals surface area contributed by atoms with Gasteiger partial charge in [-0.1, -0.05) is 43.2 Å². The molecule has 1 fully saturated rings. The number of hydrogen-bond donors (Lipinski definition) is 0. The number of tetrazole rings is 1. The van der Waals surface area contributed by atoms with Crippen molar-refractivity contribution >= 4 is 17.7 Å². The normalized spacial score (nSPS) is 14.9. The van der Waals surface area contributed by atoms with Crippen LogP contribution >= 0.6 is 11.8 Å². The van der Waals surface area contributed by atoms with Crippen LogP contribution in [-0.2, 0) is 17.1 Å². The Morgan fingerprint density at radius 1 is 1.29 bits per heavy atom. The predicted molar refractivity (Wildman–Crippen MR) is 94.4 cm³/mol. The summed E-state index contributed by atoms with van der Waals surface area (Å²) in [4.78, 5) is 14.0. The summed E-state index contributed by atoms with van der Waals surface area (Å²) in [5, 5.41) is 12.1. The van der Waals surface area contributed by atoms with Crippen LogP contribution in [0.15, 0.2) is 30.3 Å². The minimum absolute atomic E-state index is 0.128. The lowest BCUT2D eigenvalue weighted by atomic mass is 10.2. The number of nitrogens with zero attached hydrogens (tertiary/aromatic N) is 5. The fourth-order valence-corrected chi connectivity index (χ4v) is 3.89. The van der Waals surface area contributed by atoms with Crippen molar-refractivity contribution in [2.45, 2.75) is 44.0 Å². The molecule has 6 nitrogen and oxygen atoms in total. The van der Waals surface area contributed by atoms with Crippen molar-refractivity contribution in [1.82, 2.24) is 25.1 Å². The van der Waals surface area contributed by atoms with Crippen molar-refractivity contribution in [3.63, 3.8) is 0 Å². The summed E-state index contributed by atoms with van der Waals surface area (Å²) in [6, 6.07) is 10.5. The first-order chi connectivity index (χ1) is 11.7. The molecule has 0 spiro atoms. The van der Waals surface area contributed by atoms with E-state index in [0.717, 1.165) is 24.2 Å². The zero-order chi connectivity index (χ0) is 16.8. The predicted octanol–water partition coefficient (Wildman–Crippen LogP) is 2.68. The summed E-state index contributed by atoms with van der Waals surface area (Å²) in [5.41, 5.74) is 1.14. The summed E-state index contributed by atoms with van der Waals surface area (Å²) < 4.78 is 1.96. The van der Waals surface area contributed by atoms with Gasteiger partial charge in [-0.15, -0.1) is 16.9 Å². The summed E-state index contributed by atoms with van der Waals surface area (Å²) in [5.74, 6) is 2.13. The van der Waals surface area contributed by atoms with Gasteiger partial charge in [-0.2, -0.15) is 0 Å². The molecule has 24 heavy (non-hydrogen) atoms. The van der Waals surface area contributed by atoms with Crippen molar-refractivity contribution in [3.8, 4) is 0 Å². The fourth-order valence-electron chi connectivity index (χ4n) is 3.03. The third-order valence-corrected chi connectivity index (χ3v) is 5.29. The second kappa shape index (κ2) is 8.28. The number of aromatic nitrogens is 4. The molecule has 128 valence electrons. The lowest BCUT2D eigenvalue weighted by molar-refractivity contribution is -0.127. The van der Waals surface area contributed by atoms with Gasteiger partial charge in [0.05, 0.1) is 17.5 Å². The molecule has 1 aromatic heterocycles. The van der Waals surface area contributed by atoms with E-state index >= 15 is 0 Å². The Balaban J connectivity index is 1.46. The van der Waals surface area contributed by atoms with Crippen LogP contribution in [0.4, 0.5) is 0 Å².